The molecule has 0 bridgehead atoms. The number of nitrogens with zero attached hydrogens (tertiary/aromatic N) is 2. The molecule has 0 aromatic heterocycles. The van der Waals surface area contributed by atoms with Crippen LogP contribution in [0.2, 0.25) is 0 Å². The van der Waals surface area contributed by atoms with Crippen molar-refractivity contribution in [2.45, 2.75) is 26.2 Å². The van der Waals surface area contributed by atoms with Crippen molar-refractivity contribution in [3.63, 3.8) is 0 Å². The minimum atomic E-state index is 0.0228. The molecule has 1 amide bonds. The van der Waals surface area contributed by atoms with Crippen LogP contribution in [0.1, 0.15) is 36.7 Å². The molecule has 1 aliphatic heterocycles. The summed E-state index contributed by atoms with van der Waals surface area (Å²) in [6, 6.07) is 7.95. The predicted octanol–water partition coefficient (Wildman–Crippen LogP) is 1.96. The largest absolute Gasteiger partial charge is 0.351 e. The normalized spacial score (nSPS) is 17.5. The molecule has 1 aliphatic rings. The van der Waals surface area contributed by atoms with Crippen molar-refractivity contribution in [1.82, 2.24) is 15.1 Å². The van der Waals surface area contributed by atoms with E-state index in [1.54, 1.807) is 0 Å². The Bertz CT molecular complexity index is 482. The van der Waals surface area contributed by atoms with Gasteiger partial charge in [-0.05, 0) is 30.2 Å². The van der Waals surface area contributed by atoms with E-state index >= 15 is 0 Å². The fourth-order valence-corrected chi connectivity index (χ4v) is 2.62. The topological polar surface area (TPSA) is 35.6 Å². The molecular formula is C18H29N3O. The molecule has 1 N–H and O–H groups in total. The van der Waals surface area contributed by atoms with Gasteiger partial charge in [0.15, 0.2) is 0 Å². The molecule has 0 aliphatic carbocycles. The lowest BCUT2D eigenvalue weighted by Gasteiger charge is -2.32. The van der Waals surface area contributed by atoms with Gasteiger partial charge in [-0.15, -0.1) is 0 Å². The summed E-state index contributed by atoms with van der Waals surface area (Å²) in [7, 11) is 2.15. The maximum atomic E-state index is 12.2. The van der Waals surface area contributed by atoms with Gasteiger partial charge >= 0.3 is 0 Å². The Morgan fingerprint density at radius 3 is 2.23 bits per heavy atom. The van der Waals surface area contributed by atoms with Gasteiger partial charge in [-0.1, -0.05) is 32.9 Å². The Kier molecular flexibility index (Phi) is 5.59. The molecule has 1 aromatic rings. The van der Waals surface area contributed by atoms with Gasteiger partial charge in [0.05, 0.1) is 0 Å². The van der Waals surface area contributed by atoms with E-state index in [-0.39, 0.29) is 11.3 Å². The quantitative estimate of drug-likeness (QED) is 0.923. The van der Waals surface area contributed by atoms with Crippen molar-refractivity contribution in [3.05, 3.63) is 35.4 Å². The number of amides is 1. The fourth-order valence-electron chi connectivity index (χ4n) is 2.62. The third-order valence-corrected chi connectivity index (χ3v) is 4.32. The Labute approximate surface area is 134 Å². The van der Waals surface area contributed by atoms with E-state index in [4.69, 9.17) is 0 Å². The lowest BCUT2D eigenvalue weighted by Crippen LogP contribution is -2.46. The number of likely N-dealkylation sites (N-methyl/N-ethyl adjacent to an activating group) is 1. The first kappa shape index (κ1) is 17.0. The van der Waals surface area contributed by atoms with Crippen LogP contribution in [0.15, 0.2) is 24.3 Å². The molecule has 1 aromatic carbocycles. The molecule has 0 unspecified atom stereocenters. The SMILES string of the molecule is CN1CCN(CCNC(=O)c2ccc(C(C)(C)C)cc2)CC1. The van der Waals surface area contributed by atoms with Crippen molar-refractivity contribution in [2.75, 3.05) is 46.3 Å². The second-order valence-electron chi connectivity index (χ2n) is 7.23. The van der Waals surface area contributed by atoms with Gasteiger partial charge in [-0.25, -0.2) is 0 Å². The highest BCUT2D eigenvalue weighted by molar-refractivity contribution is 5.94. The van der Waals surface area contributed by atoms with Gasteiger partial charge in [0.1, 0.15) is 0 Å². The Hall–Kier alpha value is -1.39. The molecule has 22 heavy (non-hydrogen) atoms. The van der Waals surface area contributed by atoms with Gasteiger partial charge in [0.25, 0.3) is 5.91 Å². The number of rotatable bonds is 4. The molecule has 0 saturated carbocycles. The van der Waals surface area contributed by atoms with Gasteiger partial charge < -0.3 is 10.2 Å². The van der Waals surface area contributed by atoms with Crippen molar-refractivity contribution >= 4 is 5.91 Å². The lowest BCUT2D eigenvalue weighted by molar-refractivity contribution is 0.0941. The van der Waals surface area contributed by atoms with E-state index < -0.39 is 0 Å². The molecule has 1 saturated heterocycles. The first-order valence-corrected chi connectivity index (χ1v) is 8.16. The third-order valence-electron chi connectivity index (χ3n) is 4.32. The van der Waals surface area contributed by atoms with Crippen molar-refractivity contribution in [1.29, 1.82) is 0 Å². The smallest absolute Gasteiger partial charge is 0.251 e. The van der Waals surface area contributed by atoms with Gasteiger partial charge in [0.2, 0.25) is 0 Å². The summed E-state index contributed by atoms with van der Waals surface area (Å²) in [6.07, 6.45) is 0. The zero-order chi connectivity index (χ0) is 16.2. The van der Waals surface area contributed by atoms with E-state index in [0.717, 1.165) is 38.3 Å². The average molecular weight is 303 g/mol. The molecule has 0 radical (unpaired) electrons. The minimum absolute atomic E-state index is 0.0228. The maximum absolute atomic E-state index is 12.2. The van der Waals surface area contributed by atoms with Crippen molar-refractivity contribution < 1.29 is 4.79 Å². The first-order chi connectivity index (χ1) is 10.4. The number of hydrogen-bond acceptors (Lipinski definition) is 3. The highest BCUT2D eigenvalue weighted by atomic mass is 16.1. The van der Waals surface area contributed by atoms with E-state index in [9.17, 15) is 4.79 Å². The van der Waals surface area contributed by atoms with Crippen LogP contribution in [0.5, 0.6) is 0 Å². The second-order valence-corrected chi connectivity index (χ2v) is 7.23. The number of benzene rings is 1. The van der Waals surface area contributed by atoms with Gasteiger partial charge in [0, 0.05) is 44.8 Å². The number of carbonyl (C=O) groups excluding carboxylic acids is 1. The zero-order valence-corrected chi connectivity index (χ0v) is 14.4. The summed E-state index contributed by atoms with van der Waals surface area (Å²) in [6.45, 7) is 12.6. The average Bonchev–Trinajstić information content (AvgIpc) is 2.48. The first-order valence-electron chi connectivity index (χ1n) is 8.16. The summed E-state index contributed by atoms with van der Waals surface area (Å²) in [5.74, 6) is 0.0228. The molecule has 0 atom stereocenters. The minimum Gasteiger partial charge on any atom is -0.351 e. The van der Waals surface area contributed by atoms with Crippen LogP contribution in [-0.4, -0.2) is 62.0 Å². The predicted molar refractivity (Wildman–Crippen MR) is 91.4 cm³/mol. The summed E-state index contributed by atoms with van der Waals surface area (Å²) < 4.78 is 0. The van der Waals surface area contributed by atoms with Gasteiger partial charge in [-0.3, -0.25) is 9.69 Å². The van der Waals surface area contributed by atoms with Crippen LogP contribution >= 0.6 is 0 Å². The van der Waals surface area contributed by atoms with Crippen LogP contribution in [0.25, 0.3) is 0 Å². The number of hydrogen-bond donors (Lipinski definition) is 1. The zero-order valence-electron chi connectivity index (χ0n) is 14.4. The summed E-state index contributed by atoms with van der Waals surface area (Å²) in [5, 5.41) is 3.02. The monoisotopic (exact) mass is 303 g/mol. The van der Waals surface area contributed by atoms with E-state index in [0.29, 0.717) is 6.54 Å². The van der Waals surface area contributed by atoms with Crippen LogP contribution in [0.4, 0.5) is 0 Å². The Morgan fingerprint density at radius 1 is 1.09 bits per heavy atom. The molecule has 2 rings (SSSR count). The van der Waals surface area contributed by atoms with E-state index in [1.165, 1.54) is 5.56 Å². The third kappa shape index (κ3) is 4.82. The van der Waals surface area contributed by atoms with E-state index in [1.807, 2.05) is 12.1 Å². The maximum Gasteiger partial charge on any atom is 0.251 e. The number of piperazine rings is 1. The molecule has 122 valence electrons. The molecule has 1 heterocycles. The molecule has 1 fully saturated rings. The second kappa shape index (κ2) is 7.25. The van der Waals surface area contributed by atoms with Crippen LogP contribution in [-0.2, 0) is 5.41 Å². The molecule has 4 nitrogen and oxygen atoms in total. The lowest BCUT2D eigenvalue weighted by atomic mass is 9.87. The highest BCUT2D eigenvalue weighted by Gasteiger charge is 2.15. The Morgan fingerprint density at radius 2 is 1.68 bits per heavy atom. The standard InChI is InChI=1S/C18H29N3O/c1-18(2,3)16-7-5-15(6-8-16)17(22)19-9-10-21-13-11-20(4)12-14-21/h5-8H,9-14H2,1-4H3,(H,19,22). The van der Waals surface area contributed by atoms with Crippen molar-refractivity contribution in [3.8, 4) is 0 Å². The highest BCUT2D eigenvalue weighted by Crippen LogP contribution is 2.22. The molecular weight excluding hydrogens is 274 g/mol. The number of nitrogens with one attached hydrogen (secondary N) is 1. The van der Waals surface area contributed by atoms with Gasteiger partial charge in [-0.2, -0.15) is 0 Å². The van der Waals surface area contributed by atoms with Crippen LogP contribution in [0, 0.1) is 0 Å². The fraction of sp³-hybridized carbons (Fsp3) is 0.611. The van der Waals surface area contributed by atoms with Crippen LogP contribution in [0.3, 0.4) is 0 Å². The molecule has 0 spiro atoms. The van der Waals surface area contributed by atoms with Crippen molar-refractivity contribution in [2.24, 2.45) is 0 Å². The summed E-state index contributed by atoms with van der Waals surface area (Å²) in [5.41, 5.74) is 2.11. The molecule has 4 heteroatoms. The Balaban J connectivity index is 1.77. The summed E-state index contributed by atoms with van der Waals surface area (Å²) >= 11 is 0. The number of carbonyl (C=O) groups is 1. The van der Waals surface area contributed by atoms with Crippen LogP contribution < -0.4 is 5.32 Å². The summed E-state index contributed by atoms with van der Waals surface area (Å²) in [4.78, 5) is 16.9. The van der Waals surface area contributed by atoms with E-state index in [2.05, 4.69) is 55.1 Å².